The van der Waals surface area contributed by atoms with E-state index in [1.54, 1.807) is 17.8 Å². The molecule has 24 heavy (non-hydrogen) atoms. The third-order valence-corrected chi connectivity index (χ3v) is 4.76. The Bertz CT molecular complexity index is 808. The largest absolute Gasteiger partial charge is 0.289 e. The molecule has 3 rings (SSSR count). The fraction of sp³-hybridized carbons (Fsp3) is 0.0455. The van der Waals surface area contributed by atoms with Gasteiger partial charge in [0.1, 0.15) is 0 Å². The summed E-state index contributed by atoms with van der Waals surface area (Å²) < 4.78 is 0. The van der Waals surface area contributed by atoms with Crippen molar-refractivity contribution in [1.82, 2.24) is 0 Å². The maximum atomic E-state index is 12.6. The van der Waals surface area contributed by atoms with Crippen molar-refractivity contribution in [3.05, 3.63) is 114 Å². The highest BCUT2D eigenvalue weighted by Crippen LogP contribution is 2.30. The van der Waals surface area contributed by atoms with Crippen molar-refractivity contribution in [2.24, 2.45) is 0 Å². The molecule has 0 aliphatic heterocycles. The summed E-state index contributed by atoms with van der Waals surface area (Å²) in [5.41, 5.74) is 3.03. The smallest absolute Gasteiger partial charge is 0.186 e. The van der Waals surface area contributed by atoms with Gasteiger partial charge in [-0.3, -0.25) is 4.79 Å². The number of ketones is 1. The minimum Gasteiger partial charge on any atom is -0.289 e. The van der Waals surface area contributed by atoms with Crippen LogP contribution >= 0.6 is 11.8 Å². The number of carbonyl (C=O) groups is 1. The highest BCUT2D eigenvalue weighted by molar-refractivity contribution is 8.07. The summed E-state index contributed by atoms with van der Waals surface area (Å²) in [7, 11) is 0. The molecule has 0 aliphatic rings. The zero-order valence-electron chi connectivity index (χ0n) is 13.3. The second kappa shape index (κ2) is 8.32. The molecule has 0 N–H and O–H groups in total. The summed E-state index contributed by atoms with van der Waals surface area (Å²) in [5, 5.41) is 0. The van der Waals surface area contributed by atoms with Crippen LogP contribution in [0.15, 0.2) is 97.1 Å². The summed E-state index contributed by atoms with van der Waals surface area (Å²) in [5.74, 6) is 0.874. The SMILES string of the molecule is O=C(C=C(SCc1ccccc1)c1ccccc1)c1ccccc1. The molecule has 0 saturated carbocycles. The standard InChI is InChI=1S/C22H18OS/c23-21(19-12-6-2-7-13-19)16-22(20-14-8-3-9-15-20)24-17-18-10-4-1-5-11-18/h1-16H,17H2. The third kappa shape index (κ3) is 4.46. The summed E-state index contributed by atoms with van der Waals surface area (Å²) in [6.07, 6.45) is 1.75. The highest BCUT2D eigenvalue weighted by atomic mass is 32.2. The lowest BCUT2D eigenvalue weighted by molar-refractivity contribution is 0.104. The molecule has 3 aromatic carbocycles. The van der Waals surface area contributed by atoms with Gasteiger partial charge in [0.15, 0.2) is 5.78 Å². The molecule has 0 radical (unpaired) electrons. The van der Waals surface area contributed by atoms with E-state index in [1.807, 2.05) is 78.9 Å². The molecule has 3 aromatic rings. The molecule has 0 bridgehead atoms. The Balaban J connectivity index is 1.85. The zero-order valence-corrected chi connectivity index (χ0v) is 14.1. The van der Waals surface area contributed by atoms with Crippen LogP contribution in [0.5, 0.6) is 0 Å². The lowest BCUT2D eigenvalue weighted by Crippen LogP contribution is -1.95. The first-order chi connectivity index (χ1) is 11.8. The van der Waals surface area contributed by atoms with Gasteiger partial charge in [-0.15, -0.1) is 11.8 Å². The Hall–Kier alpha value is -2.58. The van der Waals surface area contributed by atoms with Crippen molar-refractivity contribution < 1.29 is 4.79 Å². The van der Waals surface area contributed by atoms with Crippen molar-refractivity contribution >= 4 is 22.5 Å². The minimum absolute atomic E-state index is 0.0371. The highest BCUT2D eigenvalue weighted by Gasteiger charge is 2.08. The molecule has 2 heteroatoms. The van der Waals surface area contributed by atoms with Crippen LogP contribution in [0.3, 0.4) is 0 Å². The van der Waals surface area contributed by atoms with Gasteiger partial charge in [-0.05, 0) is 11.1 Å². The van der Waals surface area contributed by atoms with E-state index in [0.29, 0.717) is 5.56 Å². The summed E-state index contributed by atoms with van der Waals surface area (Å²) in [4.78, 5) is 13.5. The van der Waals surface area contributed by atoms with Crippen molar-refractivity contribution in [2.45, 2.75) is 5.75 Å². The molecule has 0 aromatic heterocycles. The Morgan fingerprint density at radius 2 is 1.21 bits per heavy atom. The van der Waals surface area contributed by atoms with Crippen LogP contribution in [0.25, 0.3) is 4.91 Å². The number of hydrogen-bond acceptors (Lipinski definition) is 2. The minimum atomic E-state index is 0.0371. The van der Waals surface area contributed by atoms with Crippen LogP contribution in [0, 0.1) is 0 Å². The van der Waals surface area contributed by atoms with Crippen molar-refractivity contribution in [3.8, 4) is 0 Å². The number of hydrogen-bond donors (Lipinski definition) is 0. The molecular weight excluding hydrogens is 312 g/mol. The Morgan fingerprint density at radius 3 is 1.79 bits per heavy atom. The van der Waals surface area contributed by atoms with E-state index in [2.05, 4.69) is 12.1 Å². The van der Waals surface area contributed by atoms with E-state index < -0.39 is 0 Å². The van der Waals surface area contributed by atoms with E-state index in [1.165, 1.54) is 5.56 Å². The van der Waals surface area contributed by atoms with Gasteiger partial charge >= 0.3 is 0 Å². The normalized spacial score (nSPS) is 11.2. The van der Waals surface area contributed by atoms with Crippen LogP contribution in [-0.2, 0) is 5.75 Å². The monoisotopic (exact) mass is 330 g/mol. The van der Waals surface area contributed by atoms with Crippen LogP contribution in [-0.4, -0.2) is 5.78 Å². The van der Waals surface area contributed by atoms with Gasteiger partial charge in [-0.2, -0.15) is 0 Å². The average Bonchev–Trinajstić information content (AvgIpc) is 2.67. The Morgan fingerprint density at radius 1 is 0.708 bits per heavy atom. The zero-order chi connectivity index (χ0) is 16.6. The lowest BCUT2D eigenvalue weighted by Gasteiger charge is -2.08. The molecule has 0 atom stereocenters. The molecule has 118 valence electrons. The maximum Gasteiger partial charge on any atom is 0.186 e. The number of rotatable bonds is 6. The number of carbonyl (C=O) groups excluding carboxylic acids is 1. The Kier molecular flexibility index (Phi) is 5.65. The Labute approximate surface area is 147 Å². The predicted molar refractivity (Wildman–Crippen MR) is 103 cm³/mol. The first-order valence-corrected chi connectivity index (χ1v) is 8.85. The maximum absolute atomic E-state index is 12.6. The lowest BCUT2D eigenvalue weighted by atomic mass is 10.1. The summed E-state index contributed by atoms with van der Waals surface area (Å²) in [6, 6.07) is 29.8. The van der Waals surface area contributed by atoms with Crippen LogP contribution in [0.1, 0.15) is 21.5 Å². The fourth-order valence-electron chi connectivity index (χ4n) is 2.35. The number of benzene rings is 3. The van der Waals surface area contributed by atoms with E-state index >= 15 is 0 Å². The summed E-state index contributed by atoms with van der Waals surface area (Å²) >= 11 is 1.69. The first kappa shape index (κ1) is 16.3. The summed E-state index contributed by atoms with van der Waals surface area (Å²) in [6.45, 7) is 0. The van der Waals surface area contributed by atoms with E-state index in [9.17, 15) is 4.79 Å². The van der Waals surface area contributed by atoms with Crippen LogP contribution in [0.4, 0.5) is 0 Å². The van der Waals surface area contributed by atoms with Gasteiger partial charge in [0.25, 0.3) is 0 Å². The van der Waals surface area contributed by atoms with Crippen LogP contribution in [0.2, 0.25) is 0 Å². The van der Waals surface area contributed by atoms with Gasteiger partial charge in [-0.25, -0.2) is 0 Å². The second-order valence-electron chi connectivity index (χ2n) is 5.38. The van der Waals surface area contributed by atoms with Crippen molar-refractivity contribution in [1.29, 1.82) is 0 Å². The van der Waals surface area contributed by atoms with E-state index in [4.69, 9.17) is 0 Å². The van der Waals surface area contributed by atoms with E-state index in [0.717, 1.165) is 16.2 Å². The number of allylic oxidation sites excluding steroid dienone is 1. The van der Waals surface area contributed by atoms with Crippen molar-refractivity contribution in [2.75, 3.05) is 0 Å². The average molecular weight is 330 g/mol. The van der Waals surface area contributed by atoms with Gasteiger partial charge in [0.2, 0.25) is 0 Å². The fourth-order valence-corrected chi connectivity index (χ4v) is 3.36. The van der Waals surface area contributed by atoms with Crippen LogP contribution < -0.4 is 0 Å². The molecule has 0 unspecified atom stereocenters. The molecule has 0 amide bonds. The van der Waals surface area contributed by atoms with E-state index in [-0.39, 0.29) is 5.78 Å². The molecule has 0 saturated heterocycles. The van der Waals surface area contributed by atoms with Gasteiger partial charge < -0.3 is 0 Å². The number of thioether (sulfide) groups is 1. The molecular formula is C22H18OS. The topological polar surface area (TPSA) is 17.1 Å². The van der Waals surface area contributed by atoms with Gasteiger partial charge in [0.05, 0.1) is 0 Å². The molecule has 0 aliphatic carbocycles. The first-order valence-electron chi connectivity index (χ1n) is 7.86. The van der Waals surface area contributed by atoms with Gasteiger partial charge in [-0.1, -0.05) is 91.0 Å². The quantitative estimate of drug-likeness (QED) is 0.417. The molecule has 0 heterocycles. The second-order valence-corrected chi connectivity index (χ2v) is 6.40. The van der Waals surface area contributed by atoms with Crippen molar-refractivity contribution in [3.63, 3.8) is 0 Å². The molecule has 0 spiro atoms. The molecule has 1 nitrogen and oxygen atoms in total. The predicted octanol–water partition coefficient (Wildman–Crippen LogP) is 5.84. The third-order valence-electron chi connectivity index (χ3n) is 3.62. The molecule has 0 fully saturated rings. The van der Waals surface area contributed by atoms with Gasteiger partial charge in [0, 0.05) is 22.3 Å².